The van der Waals surface area contributed by atoms with Crippen molar-refractivity contribution in [1.82, 2.24) is 4.90 Å². The van der Waals surface area contributed by atoms with Crippen LogP contribution in [0.2, 0.25) is 0 Å². The van der Waals surface area contributed by atoms with Gasteiger partial charge in [-0.2, -0.15) is 13.2 Å². The van der Waals surface area contributed by atoms with Crippen molar-refractivity contribution < 1.29 is 32.2 Å². The summed E-state index contributed by atoms with van der Waals surface area (Å²) in [6.45, 7) is 0.499. The molecule has 2 atom stereocenters. The highest BCUT2D eigenvalue weighted by Gasteiger charge is 2.38. The van der Waals surface area contributed by atoms with Crippen LogP contribution in [0, 0.1) is 0 Å². The highest BCUT2D eigenvalue weighted by atomic mass is 19.4. The second-order valence-corrected chi connectivity index (χ2v) is 8.12. The number of benzene rings is 2. The first-order chi connectivity index (χ1) is 15.3. The van der Waals surface area contributed by atoms with E-state index >= 15 is 0 Å². The number of amides is 1. The molecule has 4 rings (SSSR count). The number of nitrogens with zero attached hydrogens (tertiary/aromatic N) is 1. The van der Waals surface area contributed by atoms with Gasteiger partial charge in [-0.15, -0.1) is 0 Å². The van der Waals surface area contributed by atoms with Crippen molar-refractivity contribution in [3.63, 3.8) is 0 Å². The van der Waals surface area contributed by atoms with Crippen molar-refractivity contribution in [3.8, 4) is 0 Å². The summed E-state index contributed by atoms with van der Waals surface area (Å²) >= 11 is 0. The third kappa shape index (κ3) is 4.89. The van der Waals surface area contributed by atoms with Gasteiger partial charge < -0.3 is 9.47 Å². The zero-order valence-electron chi connectivity index (χ0n) is 17.4. The molecule has 1 saturated heterocycles. The van der Waals surface area contributed by atoms with E-state index in [1.54, 1.807) is 0 Å². The average Bonchev–Trinajstić information content (AvgIpc) is 3.28. The molecule has 8 heteroatoms. The number of ether oxygens (including phenoxy) is 2. The van der Waals surface area contributed by atoms with E-state index in [1.165, 1.54) is 11.0 Å². The van der Waals surface area contributed by atoms with Gasteiger partial charge in [-0.1, -0.05) is 36.4 Å². The lowest BCUT2D eigenvalue weighted by Gasteiger charge is -2.29. The zero-order chi connectivity index (χ0) is 22.7. The maximum absolute atomic E-state index is 13.0. The van der Waals surface area contributed by atoms with Gasteiger partial charge in [-0.3, -0.25) is 4.90 Å². The molecule has 0 N–H and O–H groups in total. The van der Waals surface area contributed by atoms with Gasteiger partial charge >= 0.3 is 18.2 Å². The molecule has 2 aliphatic rings. The molecule has 5 nitrogen and oxygen atoms in total. The molecule has 0 bridgehead atoms. The van der Waals surface area contributed by atoms with Gasteiger partial charge in [0.15, 0.2) is 0 Å². The number of fused-ring (bicyclic) bond motifs is 1. The zero-order valence-corrected chi connectivity index (χ0v) is 17.4. The monoisotopic (exact) mass is 447 g/mol. The third-order valence-corrected chi connectivity index (χ3v) is 5.95. The average molecular weight is 447 g/mol. The second-order valence-electron chi connectivity index (χ2n) is 8.12. The molecular formula is C24H24F3NO4. The normalized spacial score (nSPS) is 20.5. The van der Waals surface area contributed by atoms with E-state index in [9.17, 15) is 22.8 Å². The van der Waals surface area contributed by atoms with Gasteiger partial charge in [0.25, 0.3) is 0 Å². The number of carbonyl (C=O) groups excluding carboxylic acids is 2. The summed E-state index contributed by atoms with van der Waals surface area (Å²) in [6, 6.07) is 12.0. The second kappa shape index (κ2) is 9.22. The number of rotatable bonds is 4. The largest absolute Gasteiger partial charge is 0.456 e. The highest BCUT2D eigenvalue weighted by molar-refractivity contribution is 5.82. The van der Waals surface area contributed by atoms with E-state index in [1.807, 2.05) is 30.3 Å². The first kappa shape index (κ1) is 22.2. The van der Waals surface area contributed by atoms with Crippen molar-refractivity contribution in [2.45, 2.75) is 57.0 Å². The van der Waals surface area contributed by atoms with E-state index in [4.69, 9.17) is 9.47 Å². The van der Waals surface area contributed by atoms with Crippen LogP contribution < -0.4 is 0 Å². The van der Waals surface area contributed by atoms with Crippen LogP contribution in [0.4, 0.5) is 18.0 Å². The molecule has 1 unspecified atom stereocenters. The Labute approximate surface area is 184 Å². The number of hydrogen-bond donors (Lipinski definition) is 0. The number of esters is 1. The SMILES string of the molecule is O=C(O[C@H]1CCCc2cc(C(F)(F)F)ccc21)C1CCCN1C(=O)OCc1ccccc1. The predicted molar refractivity (Wildman–Crippen MR) is 110 cm³/mol. The minimum Gasteiger partial charge on any atom is -0.456 e. The Hall–Kier alpha value is -3.03. The topological polar surface area (TPSA) is 55.8 Å². The number of alkyl halides is 3. The molecule has 0 saturated carbocycles. The van der Waals surface area contributed by atoms with Crippen LogP contribution >= 0.6 is 0 Å². The summed E-state index contributed by atoms with van der Waals surface area (Å²) in [5, 5.41) is 0. The molecule has 1 aliphatic carbocycles. The molecule has 32 heavy (non-hydrogen) atoms. The number of likely N-dealkylation sites (tertiary alicyclic amines) is 1. The first-order valence-corrected chi connectivity index (χ1v) is 10.7. The minimum atomic E-state index is -4.41. The molecule has 0 aromatic heterocycles. The Morgan fingerprint density at radius 3 is 2.56 bits per heavy atom. The maximum Gasteiger partial charge on any atom is 0.416 e. The summed E-state index contributed by atoms with van der Waals surface area (Å²) in [5.41, 5.74) is 1.30. The quantitative estimate of drug-likeness (QED) is 0.587. The van der Waals surface area contributed by atoms with E-state index in [0.717, 1.165) is 17.7 Å². The third-order valence-electron chi connectivity index (χ3n) is 5.95. The maximum atomic E-state index is 13.0. The fourth-order valence-electron chi connectivity index (χ4n) is 4.32. The summed E-state index contributed by atoms with van der Waals surface area (Å²) in [4.78, 5) is 26.8. The molecular weight excluding hydrogens is 423 g/mol. The Kier molecular flexibility index (Phi) is 6.39. The smallest absolute Gasteiger partial charge is 0.416 e. The molecule has 0 radical (unpaired) electrons. The Balaban J connectivity index is 1.41. The molecule has 2 aromatic carbocycles. The molecule has 170 valence electrons. The number of halogens is 3. The lowest BCUT2D eigenvalue weighted by Crippen LogP contribution is -2.42. The Morgan fingerprint density at radius 2 is 1.81 bits per heavy atom. The van der Waals surface area contributed by atoms with Crippen LogP contribution in [-0.4, -0.2) is 29.5 Å². The Bertz CT molecular complexity index is 977. The lowest BCUT2D eigenvalue weighted by molar-refractivity contribution is -0.155. The van der Waals surface area contributed by atoms with Crippen molar-refractivity contribution in [3.05, 3.63) is 70.8 Å². The van der Waals surface area contributed by atoms with Gasteiger partial charge in [0.1, 0.15) is 18.8 Å². The number of carbonyl (C=O) groups is 2. The van der Waals surface area contributed by atoms with E-state index in [0.29, 0.717) is 49.8 Å². The van der Waals surface area contributed by atoms with Crippen LogP contribution in [0.5, 0.6) is 0 Å². The van der Waals surface area contributed by atoms with Crippen LogP contribution in [0.25, 0.3) is 0 Å². The van der Waals surface area contributed by atoms with E-state index in [2.05, 4.69) is 0 Å². The predicted octanol–water partition coefficient (Wildman–Crippen LogP) is 5.43. The molecule has 1 fully saturated rings. The number of hydrogen-bond acceptors (Lipinski definition) is 4. The Morgan fingerprint density at radius 1 is 1.03 bits per heavy atom. The lowest BCUT2D eigenvalue weighted by atomic mass is 9.88. The van der Waals surface area contributed by atoms with Crippen molar-refractivity contribution in [1.29, 1.82) is 0 Å². The fourth-order valence-corrected chi connectivity index (χ4v) is 4.32. The van der Waals surface area contributed by atoms with Gasteiger partial charge in [0.2, 0.25) is 0 Å². The summed E-state index contributed by atoms with van der Waals surface area (Å²) in [6.07, 6.45) is -2.82. The van der Waals surface area contributed by atoms with Gasteiger partial charge in [-0.25, -0.2) is 9.59 Å². The molecule has 0 spiro atoms. The molecule has 2 aromatic rings. The van der Waals surface area contributed by atoms with Crippen LogP contribution in [-0.2, 0) is 33.5 Å². The van der Waals surface area contributed by atoms with Crippen molar-refractivity contribution in [2.24, 2.45) is 0 Å². The summed E-state index contributed by atoms with van der Waals surface area (Å²) < 4.78 is 50.1. The van der Waals surface area contributed by atoms with Crippen LogP contribution in [0.3, 0.4) is 0 Å². The fraction of sp³-hybridized carbons (Fsp3) is 0.417. The van der Waals surface area contributed by atoms with Gasteiger partial charge in [-0.05, 0) is 60.9 Å². The minimum absolute atomic E-state index is 0.107. The number of aryl methyl sites for hydroxylation is 1. The van der Waals surface area contributed by atoms with E-state index in [-0.39, 0.29) is 6.61 Å². The van der Waals surface area contributed by atoms with E-state index < -0.39 is 35.9 Å². The molecule has 1 heterocycles. The van der Waals surface area contributed by atoms with Gasteiger partial charge in [0.05, 0.1) is 5.56 Å². The molecule has 1 amide bonds. The first-order valence-electron chi connectivity index (χ1n) is 10.7. The summed E-state index contributed by atoms with van der Waals surface area (Å²) in [7, 11) is 0. The van der Waals surface area contributed by atoms with Crippen LogP contribution in [0.1, 0.15) is 54.0 Å². The standard InChI is InChI=1S/C24H24F3NO4/c25-24(26,27)18-11-12-19-17(14-18)8-4-10-21(19)32-22(29)20-9-5-13-28(20)23(30)31-15-16-6-2-1-3-7-16/h1-3,6-7,11-12,14,20-21H,4-5,8-10,13,15H2/t20?,21-/m0/s1. The van der Waals surface area contributed by atoms with Crippen molar-refractivity contribution >= 4 is 12.1 Å². The summed E-state index contributed by atoms with van der Waals surface area (Å²) in [5.74, 6) is -0.545. The van der Waals surface area contributed by atoms with Crippen LogP contribution in [0.15, 0.2) is 48.5 Å². The van der Waals surface area contributed by atoms with Crippen molar-refractivity contribution in [2.75, 3.05) is 6.54 Å². The van der Waals surface area contributed by atoms with Gasteiger partial charge in [0, 0.05) is 6.54 Å². The highest BCUT2D eigenvalue weighted by Crippen LogP contribution is 2.37. The molecule has 1 aliphatic heterocycles.